The number of guanidine groups is 2. The molecule has 2 heterocycles. The Morgan fingerprint density at radius 3 is 1.65 bits per heavy atom. The average Bonchev–Trinajstić information content (AvgIpc) is 2.72. The maximum atomic E-state index is 6.08. The number of ether oxygens (including phenoxy) is 2. The number of nitrogens with two attached hydrogens (primary N) is 2. The van der Waals surface area contributed by atoms with Crippen LogP contribution in [-0.2, 0) is 22.6 Å². The number of rotatable bonds is 4. The van der Waals surface area contributed by atoms with E-state index in [1.807, 2.05) is 6.07 Å². The molecule has 8 heteroatoms. The van der Waals surface area contributed by atoms with Crippen LogP contribution in [0.25, 0.3) is 0 Å². The smallest absolute Gasteiger partial charge is 0.191 e. The molecule has 3 rings (SSSR count). The summed E-state index contributed by atoms with van der Waals surface area (Å²) >= 11 is 0. The highest BCUT2D eigenvalue weighted by atomic mass is 16.5. The second-order valence-corrected chi connectivity index (χ2v) is 6.37. The highest BCUT2D eigenvalue weighted by Crippen LogP contribution is 2.09. The first-order valence-corrected chi connectivity index (χ1v) is 9.05. The molecular formula is C18H28N6O2. The molecule has 0 aliphatic carbocycles. The highest BCUT2D eigenvalue weighted by molar-refractivity contribution is 5.78. The van der Waals surface area contributed by atoms with E-state index >= 15 is 0 Å². The summed E-state index contributed by atoms with van der Waals surface area (Å²) in [6.45, 7) is 7.11. The molecule has 0 aromatic heterocycles. The zero-order valence-electron chi connectivity index (χ0n) is 15.1. The minimum absolute atomic E-state index is 0.555. The molecule has 0 spiro atoms. The quantitative estimate of drug-likeness (QED) is 0.578. The van der Waals surface area contributed by atoms with Gasteiger partial charge in [0.1, 0.15) is 0 Å². The fourth-order valence-electron chi connectivity index (χ4n) is 2.96. The molecule has 26 heavy (non-hydrogen) atoms. The van der Waals surface area contributed by atoms with Crippen molar-refractivity contribution >= 4 is 11.9 Å². The average molecular weight is 360 g/mol. The third-order valence-electron chi connectivity index (χ3n) is 4.51. The van der Waals surface area contributed by atoms with Crippen molar-refractivity contribution < 1.29 is 9.47 Å². The fourth-order valence-corrected chi connectivity index (χ4v) is 2.96. The lowest BCUT2D eigenvalue weighted by Crippen LogP contribution is -2.44. The van der Waals surface area contributed by atoms with Crippen molar-refractivity contribution in [3.8, 4) is 0 Å². The molecule has 4 N–H and O–H groups in total. The molecule has 2 saturated heterocycles. The summed E-state index contributed by atoms with van der Waals surface area (Å²) in [5.41, 5.74) is 14.4. The van der Waals surface area contributed by atoms with Gasteiger partial charge < -0.3 is 30.7 Å². The molecule has 0 bridgehead atoms. The first-order valence-electron chi connectivity index (χ1n) is 9.05. The van der Waals surface area contributed by atoms with Crippen LogP contribution in [-0.4, -0.2) is 74.3 Å². The van der Waals surface area contributed by atoms with E-state index in [9.17, 15) is 0 Å². The first kappa shape index (κ1) is 18.5. The van der Waals surface area contributed by atoms with Crippen LogP contribution < -0.4 is 11.5 Å². The molecule has 0 radical (unpaired) electrons. The van der Waals surface area contributed by atoms with E-state index < -0.39 is 0 Å². The van der Waals surface area contributed by atoms with Crippen LogP contribution >= 0.6 is 0 Å². The minimum Gasteiger partial charge on any atom is -0.378 e. The predicted molar refractivity (Wildman–Crippen MR) is 102 cm³/mol. The Hall–Kier alpha value is -2.32. The summed E-state index contributed by atoms with van der Waals surface area (Å²) in [5.74, 6) is 1.15. The van der Waals surface area contributed by atoms with Crippen LogP contribution in [0.3, 0.4) is 0 Å². The van der Waals surface area contributed by atoms with E-state index in [1.54, 1.807) is 0 Å². The molecule has 142 valence electrons. The topological polar surface area (TPSA) is 102 Å². The van der Waals surface area contributed by atoms with Crippen molar-refractivity contribution in [1.29, 1.82) is 0 Å². The summed E-state index contributed by atoms with van der Waals surface area (Å²) in [6.07, 6.45) is 0. The van der Waals surface area contributed by atoms with Crippen LogP contribution in [0.2, 0.25) is 0 Å². The van der Waals surface area contributed by atoms with E-state index in [4.69, 9.17) is 20.9 Å². The molecule has 0 saturated carbocycles. The second-order valence-electron chi connectivity index (χ2n) is 6.37. The lowest BCUT2D eigenvalue weighted by atomic mass is 10.1. The maximum Gasteiger partial charge on any atom is 0.191 e. The van der Waals surface area contributed by atoms with Gasteiger partial charge in [0, 0.05) is 26.2 Å². The minimum atomic E-state index is 0.555. The van der Waals surface area contributed by atoms with Crippen molar-refractivity contribution in [3.63, 3.8) is 0 Å². The van der Waals surface area contributed by atoms with Gasteiger partial charge in [-0.1, -0.05) is 24.3 Å². The molecule has 1 aromatic carbocycles. The summed E-state index contributed by atoms with van der Waals surface area (Å²) in [5, 5.41) is 0. The highest BCUT2D eigenvalue weighted by Gasteiger charge is 2.13. The maximum absolute atomic E-state index is 6.08. The van der Waals surface area contributed by atoms with E-state index in [0.717, 1.165) is 37.3 Å². The summed E-state index contributed by atoms with van der Waals surface area (Å²) < 4.78 is 10.7. The second kappa shape index (κ2) is 9.40. The number of hydrogen-bond acceptors (Lipinski definition) is 4. The van der Waals surface area contributed by atoms with E-state index in [0.29, 0.717) is 51.4 Å². The Morgan fingerprint density at radius 1 is 0.808 bits per heavy atom. The zero-order chi connectivity index (χ0) is 18.2. The van der Waals surface area contributed by atoms with Crippen LogP contribution in [0, 0.1) is 0 Å². The van der Waals surface area contributed by atoms with Gasteiger partial charge in [-0.2, -0.15) is 0 Å². The Bertz CT molecular complexity index is 585. The third-order valence-corrected chi connectivity index (χ3v) is 4.51. The van der Waals surface area contributed by atoms with E-state index in [2.05, 4.69) is 38.0 Å². The summed E-state index contributed by atoms with van der Waals surface area (Å²) in [6, 6.07) is 8.22. The van der Waals surface area contributed by atoms with E-state index in [1.165, 1.54) is 0 Å². The van der Waals surface area contributed by atoms with Gasteiger partial charge in [-0.25, -0.2) is 9.98 Å². The molecule has 8 nitrogen and oxygen atoms in total. The largest absolute Gasteiger partial charge is 0.378 e. The predicted octanol–water partition coefficient (Wildman–Crippen LogP) is -0.0196. The molecule has 2 aliphatic rings. The van der Waals surface area contributed by atoms with Crippen molar-refractivity contribution in [2.24, 2.45) is 21.5 Å². The van der Waals surface area contributed by atoms with Gasteiger partial charge in [0.15, 0.2) is 11.9 Å². The standard InChI is InChI=1S/C18H28N6O2/c19-17(23-4-8-25-9-5-23)21-13-15-2-1-3-16(12-15)14-22-18(20)24-6-10-26-11-7-24/h1-3,12H,4-11,13-14H2,(H2,19,21)(H2,20,22). The number of nitrogens with zero attached hydrogens (tertiary/aromatic N) is 4. The SMILES string of the molecule is NC(=NCc1cccc(CN=C(N)N2CCOCC2)c1)N1CCOCC1. The van der Waals surface area contributed by atoms with Gasteiger partial charge in [-0.15, -0.1) is 0 Å². The number of benzene rings is 1. The monoisotopic (exact) mass is 360 g/mol. The molecular weight excluding hydrogens is 332 g/mol. The van der Waals surface area contributed by atoms with Gasteiger partial charge >= 0.3 is 0 Å². The Morgan fingerprint density at radius 2 is 1.23 bits per heavy atom. The molecule has 2 fully saturated rings. The normalized spacial score (nSPS) is 19.7. The first-order chi connectivity index (χ1) is 12.7. The van der Waals surface area contributed by atoms with Gasteiger partial charge in [0.05, 0.1) is 39.5 Å². The van der Waals surface area contributed by atoms with Crippen LogP contribution in [0.1, 0.15) is 11.1 Å². The van der Waals surface area contributed by atoms with Gasteiger partial charge in [0.25, 0.3) is 0 Å². The molecule has 1 aromatic rings. The summed E-state index contributed by atoms with van der Waals surface area (Å²) in [4.78, 5) is 13.1. The lowest BCUT2D eigenvalue weighted by molar-refractivity contribution is 0.0674. The number of aliphatic imine (C=N–C) groups is 2. The van der Waals surface area contributed by atoms with Gasteiger partial charge in [-0.05, 0) is 11.1 Å². The van der Waals surface area contributed by atoms with Gasteiger partial charge in [-0.3, -0.25) is 0 Å². The number of morpholine rings is 2. The molecule has 0 unspecified atom stereocenters. The fraction of sp³-hybridized carbons (Fsp3) is 0.556. The van der Waals surface area contributed by atoms with Crippen LogP contribution in [0.4, 0.5) is 0 Å². The van der Waals surface area contributed by atoms with Crippen LogP contribution in [0.5, 0.6) is 0 Å². The van der Waals surface area contributed by atoms with Crippen molar-refractivity contribution in [1.82, 2.24) is 9.80 Å². The molecule has 2 aliphatic heterocycles. The number of hydrogen-bond donors (Lipinski definition) is 2. The van der Waals surface area contributed by atoms with Crippen molar-refractivity contribution in [2.75, 3.05) is 52.6 Å². The molecule has 0 atom stereocenters. The van der Waals surface area contributed by atoms with Crippen molar-refractivity contribution in [3.05, 3.63) is 35.4 Å². The van der Waals surface area contributed by atoms with Gasteiger partial charge in [0.2, 0.25) is 0 Å². The third kappa shape index (κ3) is 5.34. The zero-order valence-corrected chi connectivity index (χ0v) is 15.1. The Kier molecular flexibility index (Phi) is 6.68. The van der Waals surface area contributed by atoms with E-state index in [-0.39, 0.29) is 0 Å². The summed E-state index contributed by atoms with van der Waals surface area (Å²) in [7, 11) is 0. The van der Waals surface area contributed by atoms with Crippen molar-refractivity contribution in [2.45, 2.75) is 13.1 Å². The molecule has 0 amide bonds. The Balaban J connectivity index is 1.55. The van der Waals surface area contributed by atoms with Crippen LogP contribution in [0.15, 0.2) is 34.3 Å². The lowest BCUT2D eigenvalue weighted by Gasteiger charge is -2.27. The Labute approximate surface area is 154 Å².